The molecule has 0 aromatic heterocycles. The molecule has 4 aromatic rings. The number of aliphatic imine (C=N–C) groups is 2. The standard InChI is InChI=1S/C25H28Cl2N2O4S.C24H26Cl2N2O4S.C2H6O.2CH4.Li.H2O.2H2S/c1-32-25(31)21(29-24(30)23-19(26)6-5-7-20(23)27)16-17-9-11-18(12-10-17)33-14-4-2-3-8-22-28-13-15-34-22;25-18-5-4-6-19(26)22(18)23(29)28-20(24(30)31)15-16-8-10-17(11-9-16)32-13-3-1-2-7-21-27-12-14-33-21;1-2-3;;;;;;/h5-7,9-12,21H,2-4,8,13-16H2,1H3,(H,29,30);4-6,8-11,20H,1-3,7,12-15H2,(H,28,29)(H,30,31);3H,2H2,1H3;2*1H4;;3*1H2/q;;;;;+1;;;/p-1/t21-;20-;;;;;;;/m00......./s1. The van der Waals surface area contributed by atoms with Crippen LogP contribution in [0.2, 0.25) is 20.1 Å². The SMILES string of the molecule is C.C.CCO.COC(=O)[C@H](Cc1ccc(OCCCCCC2=NCCS2)cc1)NC(=O)c1c(Cl)cccc1Cl.O=C(N[C@@H](Cc1ccc(OCCCCCC2=NCCS2)cc1)C(=O)O)c1c(Cl)cccc1Cl.S.S.[Li+].[OH-]. The van der Waals surface area contributed by atoms with Gasteiger partial charge in [-0.1, -0.05) is 97.7 Å². The van der Waals surface area contributed by atoms with Crippen molar-refractivity contribution in [3.8, 4) is 11.5 Å². The van der Waals surface area contributed by atoms with Gasteiger partial charge in [0.15, 0.2) is 0 Å². The molecule has 0 unspecified atom stereocenters. The van der Waals surface area contributed by atoms with Gasteiger partial charge in [0.25, 0.3) is 11.8 Å². The molecule has 0 saturated carbocycles. The molecule has 0 fully saturated rings. The summed E-state index contributed by atoms with van der Waals surface area (Å²) in [6.45, 7) is 5.12. The fourth-order valence-electron chi connectivity index (χ4n) is 6.89. The van der Waals surface area contributed by atoms with Crippen molar-refractivity contribution in [1.29, 1.82) is 0 Å². The van der Waals surface area contributed by atoms with Gasteiger partial charge in [-0.3, -0.25) is 19.6 Å². The molecule has 418 valence electrons. The average Bonchev–Trinajstić information content (AvgIpc) is 4.07. The van der Waals surface area contributed by atoms with E-state index in [1.165, 1.54) is 29.3 Å². The number of nitrogens with zero attached hydrogens (tertiary/aromatic N) is 2. The number of aliphatic hydroxyl groups is 1. The third kappa shape index (κ3) is 28.1. The van der Waals surface area contributed by atoms with Crippen LogP contribution in [0.1, 0.15) is 105 Å². The predicted molar refractivity (Wildman–Crippen MR) is 322 cm³/mol. The van der Waals surface area contributed by atoms with Gasteiger partial charge >= 0.3 is 30.8 Å². The van der Waals surface area contributed by atoms with Crippen LogP contribution in [0.3, 0.4) is 0 Å². The molecule has 0 aliphatic carbocycles. The van der Waals surface area contributed by atoms with Crippen LogP contribution in [-0.4, -0.2) is 113 Å². The molecule has 14 nitrogen and oxygen atoms in total. The zero-order valence-corrected chi connectivity index (χ0v) is 48.3. The third-order valence-corrected chi connectivity index (χ3v) is 13.8. The molecule has 6 rings (SSSR count). The minimum Gasteiger partial charge on any atom is -0.870 e. The Morgan fingerprint density at radius 1 is 0.618 bits per heavy atom. The molecule has 2 aliphatic heterocycles. The number of carboxylic acids is 1. The minimum atomic E-state index is -1.14. The normalized spacial score (nSPS) is 12.5. The number of methoxy groups -OCH3 is 1. The van der Waals surface area contributed by atoms with E-state index >= 15 is 0 Å². The van der Waals surface area contributed by atoms with Crippen molar-refractivity contribution in [1.82, 2.24) is 10.6 Å². The number of hydrogen-bond donors (Lipinski definition) is 4. The van der Waals surface area contributed by atoms with Gasteiger partial charge in [0.2, 0.25) is 0 Å². The van der Waals surface area contributed by atoms with Crippen molar-refractivity contribution in [2.45, 2.75) is 98.1 Å². The number of thioether (sulfide) groups is 2. The quantitative estimate of drug-likeness (QED) is 0.0293. The summed E-state index contributed by atoms with van der Waals surface area (Å²) in [5.74, 6) is 0.864. The Labute approximate surface area is 503 Å². The molecule has 76 heavy (non-hydrogen) atoms. The number of rotatable bonds is 24. The van der Waals surface area contributed by atoms with Gasteiger partial charge in [-0.25, -0.2) is 9.59 Å². The molecule has 2 amide bonds. The molecule has 2 heterocycles. The first-order valence-corrected chi connectivity index (χ1v) is 26.5. The third-order valence-electron chi connectivity index (χ3n) is 10.4. The van der Waals surface area contributed by atoms with Crippen LogP contribution in [0.25, 0.3) is 0 Å². The summed E-state index contributed by atoms with van der Waals surface area (Å²) in [4.78, 5) is 58.2. The maximum absolute atomic E-state index is 12.7. The van der Waals surface area contributed by atoms with Gasteiger partial charge in [0.05, 0.1) is 61.6 Å². The number of carboxylic acid groups (broad SMARTS) is 1. The van der Waals surface area contributed by atoms with E-state index in [-0.39, 0.29) is 117 Å². The van der Waals surface area contributed by atoms with Crippen molar-refractivity contribution in [3.05, 3.63) is 127 Å². The molecule has 0 bridgehead atoms. The second-order valence-electron chi connectivity index (χ2n) is 15.7. The van der Waals surface area contributed by atoms with Gasteiger partial charge in [-0.05, 0) is 118 Å². The number of ether oxygens (including phenoxy) is 3. The van der Waals surface area contributed by atoms with Crippen LogP contribution < -0.4 is 39.0 Å². The molecule has 2 atom stereocenters. The smallest absolute Gasteiger partial charge is 0.870 e. The maximum atomic E-state index is 12.7. The molecular formula is C53H73Cl4LiN4O10S4. The second-order valence-corrected chi connectivity index (χ2v) is 19.7. The Morgan fingerprint density at radius 3 is 1.30 bits per heavy atom. The summed E-state index contributed by atoms with van der Waals surface area (Å²) < 4.78 is 16.5. The molecule has 2 aliphatic rings. The zero-order chi connectivity index (χ0) is 50.7. The van der Waals surface area contributed by atoms with Gasteiger partial charge in [-0.2, -0.15) is 27.0 Å². The fourth-order valence-corrected chi connectivity index (χ4v) is 9.81. The summed E-state index contributed by atoms with van der Waals surface area (Å²) >= 11 is 28.1. The summed E-state index contributed by atoms with van der Waals surface area (Å²) in [5.41, 5.74) is 1.79. The van der Waals surface area contributed by atoms with Gasteiger partial charge in [0.1, 0.15) is 23.6 Å². The number of halogens is 4. The minimum absolute atomic E-state index is 0. The number of unbranched alkanes of at least 4 members (excludes halogenated alkanes) is 4. The first kappa shape index (κ1) is 77.0. The Morgan fingerprint density at radius 2 is 0.974 bits per heavy atom. The molecule has 4 aromatic carbocycles. The maximum Gasteiger partial charge on any atom is 1.00 e. The monoisotopic (exact) mass is 1200 g/mol. The number of amides is 2. The number of aliphatic hydroxyl groups excluding tert-OH is 1. The first-order chi connectivity index (χ1) is 33.8. The predicted octanol–water partition coefficient (Wildman–Crippen LogP) is 9.42. The molecule has 5 N–H and O–H groups in total. The van der Waals surface area contributed by atoms with Gasteiger partial charge < -0.3 is 40.5 Å². The summed E-state index contributed by atoms with van der Waals surface area (Å²) in [6, 6.07) is 22.1. The molecule has 23 heteroatoms. The van der Waals surface area contributed by atoms with Crippen molar-refractivity contribution in [3.63, 3.8) is 0 Å². The van der Waals surface area contributed by atoms with Crippen LogP contribution in [0.5, 0.6) is 11.5 Å². The molecule has 0 radical (unpaired) electrons. The van der Waals surface area contributed by atoms with Gasteiger partial charge in [-0.15, -0.1) is 23.5 Å². The number of nitrogens with one attached hydrogen (secondary N) is 2. The number of carbonyl (C=O) groups excluding carboxylic acids is 3. The van der Waals surface area contributed by atoms with E-state index in [9.17, 15) is 24.3 Å². The van der Waals surface area contributed by atoms with E-state index in [4.69, 9.17) is 65.7 Å². The second kappa shape index (κ2) is 43.6. The van der Waals surface area contributed by atoms with E-state index in [0.717, 1.165) is 98.6 Å². The summed E-state index contributed by atoms with van der Waals surface area (Å²) in [7, 11) is 1.28. The van der Waals surface area contributed by atoms with Crippen LogP contribution in [-0.2, 0) is 27.2 Å². The summed E-state index contributed by atoms with van der Waals surface area (Å²) in [5, 5.41) is 25.6. The van der Waals surface area contributed by atoms with Crippen LogP contribution >= 0.6 is 96.9 Å². The van der Waals surface area contributed by atoms with E-state index in [1.54, 1.807) is 43.3 Å². The van der Waals surface area contributed by atoms with Crippen molar-refractivity contribution < 1.29 is 67.9 Å². The van der Waals surface area contributed by atoms with Crippen LogP contribution in [0.15, 0.2) is 94.9 Å². The Balaban J connectivity index is -0.00000124. The van der Waals surface area contributed by atoms with Crippen molar-refractivity contribution in [2.75, 3.05) is 51.5 Å². The Hall–Kier alpha value is -3.22. The van der Waals surface area contributed by atoms with E-state index in [1.807, 2.05) is 59.9 Å². The number of benzene rings is 4. The number of aliphatic carboxylic acids is 1. The van der Waals surface area contributed by atoms with Crippen LogP contribution in [0, 0.1) is 0 Å². The molecular weight excluding hydrogens is 1130 g/mol. The number of carbonyl (C=O) groups is 4. The van der Waals surface area contributed by atoms with E-state index in [2.05, 4.69) is 20.6 Å². The number of hydrogen-bond acceptors (Lipinski definition) is 13. The topological polar surface area (TPSA) is 215 Å². The van der Waals surface area contributed by atoms with Crippen molar-refractivity contribution in [2.24, 2.45) is 9.98 Å². The van der Waals surface area contributed by atoms with E-state index < -0.39 is 35.8 Å². The van der Waals surface area contributed by atoms with Gasteiger partial charge in [0, 0.05) is 44.0 Å². The van der Waals surface area contributed by atoms with Crippen LogP contribution in [0.4, 0.5) is 0 Å². The number of esters is 1. The van der Waals surface area contributed by atoms with Crippen molar-refractivity contribution >= 4 is 131 Å². The first-order valence-electron chi connectivity index (χ1n) is 23.0. The fraction of sp³-hybridized carbons (Fsp3) is 0.434. The summed E-state index contributed by atoms with van der Waals surface area (Å²) in [6.07, 6.45) is 8.90. The van der Waals surface area contributed by atoms with E-state index in [0.29, 0.717) is 13.2 Å². The largest absolute Gasteiger partial charge is 1.00 e. The molecule has 0 spiro atoms. The molecule has 0 saturated heterocycles. The Kier molecular flexibility index (Phi) is 44.2. The zero-order valence-electron chi connectivity index (χ0n) is 41.7. The Bertz CT molecular complexity index is 2340. The average molecular weight is 1200 g/mol.